The van der Waals surface area contributed by atoms with E-state index in [1.807, 2.05) is 48.5 Å². The van der Waals surface area contributed by atoms with Crippen LogP contribution in [0.1, 0.15) is 12.0 Å². The van der Waals surface area contributed by atoms with Gasteiger partial charge in [-0.2, -0.15) is 0 Å². The highest BCUT2D eigenvalue weighted by Crippen LogP contribution is 2.31. The van der Waals surface area contributed by atoms with Crippen molar-refractivity contribution in [3.8, 4) is 11.5 Å². The molecule has 0 unspecified atom stereocenters. The van der Waals surface area contributed by atoms with Gasteiger partial charge in [0.2, 0.25) is 5.91 Å². The highest BCUT2D eigenvalue weighted by molar-refractivity contribution is 5.96. The molecule has 2 aromatic carbocycles. The highest BCUT2D eigenvalue weighted by atomic mass is 16.5. The van der Waals surface area contributed by atoms with Crippen molar-refractivity contribution in [2.45, 2.75) is 12.8 Å². The van der Waals surface area contributed by atoms with Crippen LogP contribution in [0.3, 0.4) is 0 Å². The smallest absolute Gasteiger partial charge is 0.231 e. The van der Waals surface area contributed by atoms with Gasteiger partial charge < -0.3 is 9.47 Å². The predicted molar refractivity (Wildman–Crippen MR) is 101 cm³/mol. The molecular formula is C21H20N2O3. The summed E-state index contributed by atoms with van der Waals surface area (Å²) >= 11 is 0. The standard InChI is InChI=1S/C21H20N2O3/c1-25-18-7-8-19-16(14-18)13-15-9-11-23(21(15)22-19)20(24)10-12-26-17-5-3-2-4-6-17/h2-8,13-14H,9-12H2,1H3. The number of benzene rings is 2. The van der Waals surface area contributed by atoms with Gasteiger partial charge >= 0.3 is 0 Å². The predicted octanol–water partition coefficient (Wildman–Crippen LogP) is 3.60. The van der Waals surface area contributed by atoms with Gasteiger partial charge in [0, 0.05) is 11.9 Å². The first-order valence-electron chi connectivity index (χ1n) is 8.70. The van der Waals surface area contributed by atoms with Crippen LogP contribution in [0.2, 0.25) is 0 Å². The van der Waals surface area contributed by atoms with Crippen LogP contribution in [-0.4, -0.2) is 31.2 Å². The van der Waals surface area contributed by atoms with Gasteiger partial charge in [0.1, 0.15) is 17.3 Å². The Hall–Kier alpha value is -3.08. The number of para-hydroxylation sites is 1. The number of pyridine rings is 1. The normalized spacial score (nSPS) is 12.9. The van der Waals surface area contributed by atoms with E-state index in [1.165, 1.54) is 0 Å². The largest absolute Gasteiger partial charge is 0.497 e. The summed E-state index contributed by atoms with van der Waals surface area (Å²) in [5, 5.41) is 1.03. The van der Waals surface area contributed by atoms with E-state index in [1.54, 1.807) is 12.0 Å². The zero-order valence-corrected chi connectivity index (χ0v) is 14.6. The average Bonchev–Trinajstić information content (AvgIpc) is 3.09. The van der Waals surface area contributed by atoms with E-state index in [4.69, 9.17) is 14.5 Å². The Morgan fingerprint density at radius 3 is 2.77 bits per heavy atom. The fourth-order valence-corrected chi connectivity index (χ4v) is 3.22. The Morgan fingerprint density at radius 1 is 1.12 bits per heavy atom. The van der Waals surface area contributed by atoms with Gasteiger partial charge in [-0.25, -0.2) is 4.98 Å². The molecule has 0 atom stereocenters. The minimum atomic E-state index is 0.0417. The first kappa shape index (κ1) is 16.4. The molecule has 0 spiro atoms. The van der Waals surface area contributed by atoms with Crippen LogP contribution < -0.4 is 14.4 Å². The van der Waals surface area contributed by atoms with Gasteiger partial charge in [0.15, 0.2) is 0 Å². The van der Waals surface area contributed by atoms with Gasteiger partial charge in [0.05, 0.1) is 25.7 Å². The minimum Gasteiger partial charge on any atom is -0.497 e. The number of carbonyl (C=O) groups is 1. The number of rotatable bonds is 5. The lowest BCUT2D eigenvalue weighted by molar-refractivity contribution is -0.119. The number of nitrogens with zero attached hydrogens (tertiary/aromatic N) is 2. The molecular weight excluding hydrogens is 328 g/mol. The molecule has 1 amide bonds. The molecule has 5 nitrogen and oxygen atoms in total. The lowest BCUT2D eigenvalue weighted by Crippen LogP contribution is -2.30. The second-order valence-corrected chi connectivity index (χ2v) is 6.24. The number of methoxy groups -OCH3 is 1. The molecule has 0 saturated carbocycles. The maximum absolute atomic E-state index is 12.6. The van der Waals surface area contributed by atoms with Crippen molar-refractivity contribution >= 4 is 22.6 Å². The summed E-state index contributed by atoms with van der Waals surface area (Å²) in [4.78, 5) is 19.1. The number of fused-ring (bicyclic) bond motifs is 2. The Morgan fingerprint density at radius 2 is 1.96 bits per heavy atom. The van der Waals surface area contributed by atoms with Gasteiger partial charge in [-0.05, 0) is 48.4 Å². The van der Waals surface area contributed by atoms with Crippen molar-refractivity contribution in [3.05, 3.63) is 60.2 Å². The molecule has 5 heteroatoms. The van der Waals surface area contributed by atoms with E-state index >= 15 is 0 Å². The van der Waals surface area contributed by atoms with Gasteiger partial charge in [-0.1, -0.05) is 18.2 Å². The Labute approximate surface area is 152 Å². The van der Waals surface area contributed by atoms with Crippen molar-refractivity contribution in [1.29, 1.82) is 0 Å². The summed E-state index contributed by atoms with van der Waals surface area (Å²) in [6.07, 6.45) is 1.15. The Bertz CT molecular complexity index is 941. The first-order valence-corrected chi connectivity index (χ1v) is 8.70. The summed E-state index contributed by atoms with van der Waals surface area (Å²) in [6, 6.07) is 17.4. The fourth-order valence-electron chi connectivity index (χ4n) is 3.22. The zero-order valence-electron chi connectivity index (χ0n) is 14.6. The van der Waals surface area contributed by atoms with Crippen LogP contribution >= 0.6 is 0 Å². The van der Waals surface area contributed by atoms with Gasteiger partial charge in [-0.3, -0.25) is 9.69 Å². The van der Waals surface area contributed by atoms with Crippen LogP contribution in [-0.2, 0) is 11.2 Å². The maximum Gasteiger partial charge on any atom is 0.231 e. The van der Waals surface area contributed by atoms with E-state index in [0.29, 0.717) is 19.6 Å². The zero-order chi connectivity index (χ0) is 17.9. The second kappa shape index (κ2) is 7.04. The van der Waals surface area contributed by atoms with E-state index < -0.39 is 0 Å². The molecule has 1 aliphatic rings. The van der Waals surface area contributed by atoms with Crippen molar-refractivity contribution in [2.24, 2.45) is 0 Å². The monoisotopic (exact) mass is 348 g/mol. The van der Waals surface area contributed by atoms with Gasteiger partial charge in [-0.15, -0.1) is 0 Å². The molecule has 3 aromatic rings. The average molecular weight is 348 g/mol. The molecule has 4 rings (SSSR count). The number of ether oxygens (including phenoxy) is 2. The van der Waals surface area contributed by atoms with Crippen molar-refractivity contribution < 1.29 is 14.3 Å². The van der Waals surface area contributed by atoms with Crippen LogP contribution in [0.15, 0.2) is 54.6 Å². The minimum absolute atomic E-state index is 0.0417. The summed E-state index contributed by atoms with van der Waals surface area (Å²) in [6.45, 7) is 1.03. The molecule has 0 bridgehead atoms. The molecule has 1 aliphatic heterocycles. The summed E-state index contributed by atoms with van der Waals surface area (Å²) in [7, 11) is 1.65. The lowest BCUT2D eigenvalue weighted by Gasteiger charge is -2.17. The topological polar surface area (TPSA) is 51.7 Å². The quantitative estimate of drug-likeness (QED) is 0.707. The number of hydrogen-bond acceptors (Lipinski definition) is 4. The van der Waals surface area contributed by atoms with Crippen molar-refractivity contribution in [1.82, 2.24) is 4.98 Å². The van der Waals surface area contributed by atoms with E-state index in [-0.39, 0.29) is 5.91 Å². The SMILES string of the molecule is COc1ccc2nc3c(cc2c1)CCN3C(=O)CCOc1ccccc1. The fraction of sp³-hybridized carbons (Fsp3) is 0.238. The van der Waals surface area contributed by atoms with Crippen molar-refractivity contribution in [2.75, 3.05) is 25.2 Å². The number of anilines is 1. The molecule has 0 radical (unpaired) electrons. The third-order valence-electron chi connectivity index (χ3n) is 4.57. The molecule has 0 fully saturated rings. The van der Waals surface area contributed by atoms with Crippen LogP contribution in [0.4, 0.5) is 5.82 Å². The van der Waals surface area contributed by atoms with Crippen molar-refractivity contribution in [3.63, 3.8) is 0 Å². The molecule has 1 aromatic heterocycles. The Balaban J connectivity index is 1.48. The molecule has 132 valence electrons. The number of hydrogen-bond donors (Lipinski definition) is 0. The summed E-state index contributed by atoms with van der Waals surface area (Å²) in [5.41, 5.74) is 1.97. The molecule has 2 heterocycles. The van der Waals surface area contributed by atoms with Crippen LogP contribution in [0.5, 0.6) is 11.5 Å². The molecule has 26 heavy (non-hydrogen) atoms. The lowest BCUT2D eigenvalue weighted by atomic mass is 10.1. The molecule has 0 N–H and O–H groups in total. The molecule has 0 saturated heterocycles. The number of amides is 1. The van der Waals surface area contributed by atoms with Crippen LogP contribution in [0, 0.1) is 0 Å². The van der Waals surface area contributed by atoms with Gasteiger partial charge in [0.25, 0.3) is 0 Å². The van der Waals surface area contributed by atoms with E-state index in [9.17, 15) is 4.79 Å². The van der Waals surface area contributed by atoms with Crippen LogP contribution in [0.25, 0.3) is 10.9 Å². The first-order chi connectivity index (χ1) is 12.7. The Kier molecular flexibility index (Phi) is 4.44. The summed E-state index contributed by atoms with van der Waals surface area (Å²) in [5.74, 6) is 2.40. The van der Waals surface area contributed by atoms with E-state index in [0.717, 1.165) is 40.2 Å². The maximum atomic E-state index is 12.6. The third kappa shape index (κ3) is 3.20. The van der Waals surface area contributed by atoms with E-state index in [2.05, 4.69) is 6.07 Å². The highest BCUT2D eigenvalue weighted by Gasteiger charge is 2.26. The molecule has 0 aliphatic carbocycles. The second-order valence-electron chi connectivity index (χ2n) is 6.24. The third-order valence-corrected chi connectivity index (χ3v) is 4.57. The number of aromatic nitrogens is 1. The number of carbonyl (C=O) groups excluding carboxylic acids is 1. The summed E-state index contributed by atoms with van der Waals surface area (Å²) < 4.78 is 10.9.